The molecule has 97 heavy (non-hydrogen) atoms. The van der Waals surface area contributed by atoms with E-state index in [4.69, 9.17) is 37.0 Å². The maximum atomic E-state index is 13.1. The molecule has 576 valence electrons. The van der Waals surface area contributed by atoms with Gasteiger partial charge in [-0.05, 0) is 37.5 Å². The Morgan fingerprint density at radius 1 is 0.299 bits per heavy atom. The van der Waals surface area contributed by atoms with Gasteiger partial charge in [0, 0.05) is 25.7 Å². The number of hydrogen-bond acceptors (Lipinski definition) is 15. The maximum absolute atomic E-state index is 13.1. The number of carbonyl (C=O) groups is 4. The molecule has 0 fully saturated rings. The van der Waals surface area contributed by atoms with E-state index in [1.165, 1.54) is 218 Å². The van der Waals surface area contributed by atoms with Crippen LogP contribution in [0.1, 0.15) is 408 Å². The normalized spacial score (nSPS) is 14.2. The number of phosphoric acid groups is 2. The van der Waals surface area contributed by atoms with Gasteiger partial charge in [0.25, 0.3) is 0 Å². The van der Waals surface area contributed by atoms with Crippen LogP contribution in [0.2, 0.25) is 0 Å². The van der Waals surface area contributed by atoms with Crippen LogP contribution in [0.15, 0.2) is 0 Å². The quantitative estimate of drug-likeness (QED) is 0.0222. The fraction of sp³-hybridized carbons (Fsp3) is 0.949. The molecule has 0 aromatic heterocycles. The minimum absolute atomic E-state index is 0.104. The molecule has 0 aliphatic carbocycles. The molecule has 0 spiro atoms. The molecule has 0 aliphatic heterocycles. The van der Waals surface area contributed by atoms with Gasteiger partial charge in [0.15, 0.2) is 12.2 Å². The van der Waals surface area contributed by atoms with Crippen LogP contribution in [0.4, 0.5) is 0 Å². The lowest BCUT2D eigenvalue weighted by Gasteiger charge is -2.21. The highest BCUT2D eigenvalue weighted by Crippen LogP contribution is 2.45. The summed E-state index contributed by atoms with van der Waals surface area (Å²) in [7, 11) is -9.90. The topological polar surface area (TPSA) is 237 Å². The third-order valence-electron chi connectivity index (χ3n) is 18.6. The molecule has 19 heteroatoms. The Bertz CT molecular complexity index is 1870. The molecule has 0 saturated carbocycles. The highest BCUT2D eigenvalue weighted by molar-refractivity contribution is 7.47. The Morgan fingerprint density at radius 3 is 0.784 bits per heavy atom. The van der Waals surface area contributed by atoms with Crippen LogP contribution in [0, 0.1) is 11.8 Å². The van der Waals surface area contributed by atoms with Crippen molar-refractivity contribution >= 4 is 39.5 Å². The number of carbonyl (C=O) groups excluding carboxylic acids is 4. The average molecular weight is 1420 g/mol. The van der Waals surface area contributed by atoms with Crippen molar-refractivity contribution in [2.75, 3.05) is 39.6 Å². The van der Waals surface area contributed by atoms with Crippen molar-refractivity contribution in [3.05, 3.63) is 0 Å². The Hall–Kier alpha value is -1.94. The van der Waals surface area contributed by atoms with E-state index >= 15 is 0 Å². The molecule has 0 rings (SSSR count). The molecule has 0 aromatic rings. The summed E-state index contributed by atoms with van der Waals surface area (Å²) in [5, 5.41) is 10.6. The fourth-order valence-electron chi connectivity index (χ4n) is 12.0. The summed E-state index contributed by atoms with van der Waals surface area (Å²) in [6, 6.07) is 0. The van der Waals surface area contributed by atoms with E-state index < -0.39 is 97.5 Å². The molecule has 0 heterocycles. The van der Waals surface area contributed by atoms with Crippen LogP contribution in [0.5, 0.6) is 0 Å². The predicted octanol–water partition coefficient (Wildman–Crippen LogP) is 23.1. The first kappa shape index (κ1) is 95.1. The van der Waals surface area contributed by atoms with Crippen LogP contribution in [0.25, 0.3) is 0 Å². The molecule has 0 aromatic carbocycles. The van der Waals surface area contributed by atoms with Crippen LogP contribution in [0.3, 0.4) is 0 Å². The molecule has 6 atom stereocenters. The number of aliphatic hydroxyl groups excluding tert-OH is 1. The van der Waals surface area contributed by atoms with Crippen molar-refractivity contribution in [3.63, 3.8) is 0 Å². The minimum Gasteiger partial charge on any atom is -0.462 e. The number of unbranched alkanes of at least 4 members (excludes halogenated alkanes) is 46. The van der Waals surface area contributed by atoms with E-state index in [0.29, 0.717) is 25.7 Å². The Balaban J connectivity index is 5.12. The zero-order valence-corrected chi connectivity index (χ0v) is 65.2. The second-order valence-corrected chi connectivity index (χ2v) is 31.7. The maximum Gasteiger partial charge on any atom is 0.472 e. The molecule has 0 radical (unpaired) electrons. The van der Waals surface area contributed by atoms with Crippen molar-refractivity contribution < 1.29 is 80.2 Å². The number of aliphatic hydroxyl groups is 1. The highest BCUT2D eigenvalue weighted by atomic mass is 31.2. The van der Waals surface area contributed by atoms with Crippen LogP contribution in [-0.4, -0.2) is 96.7 Å². The summed E-state index contributed by atoms with van der Waals surface area (Å²) < 4.78 is 68.3. The summed E-state index contributed by atoms with van der Waals surface area (Å²) in [5.41, 5.74) is 0. The summed E-state index contributed by atoms with van der Waals surface area (Å²) in [4.78, 5) is 72.6. The summed E-state index contributed by atoms with van der Waals surface area (Å²) >= 11 is 0. The van der Waals surface area contributed by atoms with Crippen LogP contribution >= 0.6 is 15.6 Å². The summed E-state index contributed by atoms with van der Waals surface area (Å²) in [5.74, 6) is -0.545. The number of esters is 4. The minimum atomic E-state index is -4.96. The Morgan fingerprint density at radius 2 is 0.526 bits per heavy atom. The standard InChI is InChI=1S/C78H152O17P2/c1-7-10-12-14-15-16-17-18-19-20-21-22-23-24-29-32-35-38-44-50-56-62-77(82)95-74(67-89-76(81)61-55-49-43-37-34-31-28-26-25-27-30-33-36-41-47-52-58-70(4)5)69-93-97(86,87)91-65-72(79)64-90-96(84,85)92-68-73(66-88-75(80)60-54-46-13-11-8-2)94-78(83)63-57-51-45-40-39-42-48-53-59-71(6)9-3/h70-74,79H,7-69H2,1-6H3,(H,84,85)(H,86,87)/t71?,72-,73+,74+/m0/s1. The lowest BCUT2D eigenvalue weighted by Crippen LogP contribution is -2.30. The average Bonchev–Trinajstić information content (AvgIpc) is 1.17. The smallest absolute Gasteiger partial charge is 0.462 e. The van der Waals surface area contributed by atoms with E-state index in [1.54, 1.807) is 0 Å². The van der Waals surface area contributed by atoms with Gasteiger partial charge in [-0.25, -0.2) is 9.13 Å². The van der Waals surface area contributed by atoms with E-state index in [-0.39, 0.29) is 25.7 Å². The molecular weight excluding hydrogens is 1270 g/mol. The zero-order valence-electron chi connectivity index (χ0n) is 63.4. The van der Waals surface area contributed by atoms with E-state index in [2.05, 4.69) is 41.5 Å². The molecule has 0 saturated heterocycles. The van der Waals surface area contributed by atoms with Crippen molar-refractivity contribution in [1.82, 2.24) is 0 Å². The van der Waals surface area contributed by atoms with Crippen molar-refractivity contribution in [2.45, 2.75) is 426 Å². The SMILES string of the molecule is CCCCCCCCCCCCCCCCCCCCCCCC(=O)O[C@H](COC(=O)CCCCCCCCCCCCCCCCCCC(C)C)COP(=O)(O)OC[C@@H](O)COP(=O)(O)OC[C@@H](COC(=O)CCCCCCC)OC(=O)CCCCCCCCCCC(C)CC. The molecular formula is C78H152O17P2. The fourth-order valence-corrected chi connectivity index (χ4v) is 13.6. The van der Waals surface area contributed by atoms with Gasteiger partial charge >= 0.3 is 39.5 Å². The molecule has 0 bridgehead atoms. The molecule has 17 nitrogen and oxygen atoms in total. The number of phosphoric ester groups is 2. The lowest BCUT2D eigenvalue weighted by molar-refractivity contribution is -0.161. The van der Waals surface area contributed by atoms with Gasteiger partial charge in [-0.2, -0.15) is 0 Å². The number of ether oxygens (including phenoxy) is 4. The van der Waals surface area contributed by atoms with Gasteiger partial charge in [-0.1, -0.05) is 356 Å². The molecule has 0 amide bonds. The summed E-state index contributed by atoms with van der Waals surface area (Å²) in [6.07, 6.45) is 58.9. The molecule has 0 aliphatic rings. The van der Waals surface area contributed by atoms with Gasteiger partial charge in [0.1, 0.15) is 19.3 Å². The van der Waals surface area contributed by atoms with Crippen LogP contribution < -0.4 is 0 Å². The molecule has 3 unspecified atom stereocenters. The van der Waals surface area contributed by atoms with Gasteiger partial charge in [-0.3, -0.25) is 37.3 Å². The highest BCUT2D eigenvalue weighted by Gasteiger charge is 2.30. The Labute approximate surface area is 594 Å². The third-order valence-corrected chi connectivity index (χ3v) is 20.5. The van der Waals surface area contributed by atoms with Gasteiger partial charge in [0.05, 0.1) is 26.4 Å². The Kier molecular flexibility index (Phi) is 68.4. The second kappa shape index (κ2) is 69.8. The van der Waals surface area contributed by atoms with Crippen molar-refractivity contribution in [2.24, 2.45) is 11.8 Å². The zero-order chi connectivity index (χ0) is 71.4. The van der Waals surface area contributed by atoms with Crippen molar-refractivity contribution in [3.8, 4) is 0 Å². The predicted molar refractivity (Wildman–Crippen MR) is 395 cm³/mol. The van der Waals surface area contributed by atoms with Gasteiger partial charge in [-0.15, -0.1) is 0 Å². The van der Waals surface area contributed by atoms with Crippen LogP contribution in [-0.2, 0) is 65.4 Å². The summed E-state index contributed by atoms with van der Waals surface area (Å²) in [6.45, 7) is 9.54. The molecule has 3 N–H and O–H groups in total. The number of rotatable bonds is 77. The second-order valence-electron chi connectivity index (χ2n) is 28.8. The third kappa shape index (κ3) is 70.9. The first-order chi connectivity index (χ1) is 46.9. The largest absolute Gasteiger partial charge is 0.472 e. The lowest BCUT2D eigenvalue weighted by atomic mass is 9.99. The monoisotopic (exact) mass is 1420 g/mol. The van der Waals surface area contributed by atoms with E-state index in [1.807, 2.05) is 0 Å². The van der Waals surface area contributed by atoms with E-state index in [9.17, 15) is 43.2 Å². The van der Waals surface area contributed by atoms with Gasteiger partial charge in [0.2, 0.25) is 0 Å². The van der Waals surface area contributed by atoms with Crippen molar-refractivity contribution in [1.29, 1.82) is 0 Å². The first-order valence-corrected chi connectivity index (χ1v) is 43.5. The van der Waals surface area contributed by atoms with E-state index in [0.717, 1.165) is 108 Å². The van der Waals surface area contributed by atoms with Gasteiger partial charge < -0.3 is 33.8 Å². The number of hydrogen-bond donors (Lipinski definition) is 3. The first-order valence-electron chi connectivity index (χ1n) is 40.5.